The minimum atomic E-state index is -0.991. The van der Waals surface area contributed by atoms with E-state index >= 15 is 0 Å². The van der Waals surface area contributed by atoms with Crippen LogP contribution in [0.3, 0.4) is 0 Å². The first-order chi connectivity index (χ1) is 8.05. The number of rotatable bonds is 2. The molecular weight excluding hydrogens is 218 g/mol. The van der Waals surface area contributed by atoms with Crippen molar-refractivity contribution < 1.29 is 14.4 Å². The molecule has 0 aromatic heterocycles. The number of carbonyl (C=O) groups excluding carboxylic acids is 1. The average molecular weight is 233 g/mol. The Morgan fingerprint density at radius 2 is 2.06 bits per heavy atom. The molecule has 0 radical (unpaired) electrons. The van der Waals surface area contributed by atoms with Crippen molar-refractivity contribution in [3.63, 3.8) is 0 Å². The zero-order chi connectivity index (χ0) is 12.5. The van der Waals surface area contributed by atoms with E-state index in [2.05, 4.69) is 5.16 Å². The third-order valence-electron chi connectivity index (χ3n) is 2.86. The van der Waals surface area contributed by atoms with Crippen LogP contribution in [0.15, 0.2) is 29.4 Å². The van der Waals surface area contributed by atoms with Crippen molar-refractivity contribution in [3.8, 4) is 0 Å². The summed E-state index contributed by atoms with van der Waals surface area (Å²) in [6.45, 7) is 3.71. The van der Waals surface area contributed by atoms with Crippen LogP contribution in [0.25, 0.3) is 0 Å². The van der Waals surface area contributed by atoms with E-state index in [1.807, 2.05) is 31.2 Å². The molecule has 2 rings (SSSR count). The number of hydrogen-bond acceptors (Lipinski definition) is 4. The molecule has 0 saturated heterocycles. The molecule has 0 saturated carbocycles. The molecular formula is C13H15NO3. The van der Waals surface area contributed by atoms with Crippen LogP contribution in [-0.4, -0.2) is 24.4 Å². The van der Waals surface area contributed by atoms with E-state index < -0.39 is 11.6 Å². The highest BCUT2D eigenvalue weighted by atomic mass is 16.7. The molecule has 0 aliphatic carbocycles. The van der Waals surface area contributed by atoms with Crippen LogP contribution in [0.5, 0.6) is 0 Å². The summed E-state index contributed by atoms with van der Waals surface area (Å²) in [4.78, 5) is 16.8. The number of esters is 1. The smallest absolute Gasteiger partial charge is 0.353 e. The van der Waals surface area contributed by atoms with Gasteiger partial charge in [-0.05, 0) is 19.4 Å². The Morgan fingerprint density at radius 3 is 2.65 bits per heavy atom. The minimum Gasteiger partial charge on any atom is -0.466 e. The number of carbonyl (C=O) groups is 1. The number of ether oxygens (including phenoxy) is 1. The van der Waals surface area contributed by atoms with Crippen LogP contribution in [0.2, 0.25) is 0 Å². The van der Waals surface area contributed by atoms with Crippen LogP contribution in [0, 0.1) is 6.92 Å². The second-order valence-corrected chi connectivity index (χ2v) is 4.39. The first-order valence-electron chi connectivity index (χ1n) is 5.46. The molecule has 1 heterocycles. The van der Waals surface area contributed by atoms with Gasteiger partial charge in [0.15, 0.2) is 0 Å². The van der Waals surface area contributed by atoms with Gasteiger partial charge < -0.3 is 9.57 Å². The van der Waals surface area contributed by atoms with E-state index in [1.165, 1.54) is 12.7 Å². The standard InChI is InChI=1S/C13H15NO3/c1-9-4-6-10(7-5-9)11-8-13(2,17-14-11)12(15)16-3/h4-7H,8H2,1-3H3. The van der Waals surface area contributed by atoms with Gasteiger partial charge in [-0.1, -0.05) is 35.0 Å². The highest BCUT2D eigenvalue weighted by molar-refractivity contribution is 6.04. The first kappa shape index (κ1) is 11.6. The van der Waals surface area contributed by atoms with Gasteiger partial charge in [0.2, 0.25) is 5.60 Å². The Hall–Kier alpha value is -1.84. The fraction of sp³-hybridized carbons (Fsp3) is 0.385. The van der Waals surface area contributed by atoms with E-state index in [0.29, 0.717) is 6.42 Å². The van der Waals surface area contributed by atoms with E-state index in [0.717, 1.165) is 11.3 Å². The predicted molar refractivity (Wildman–Crippen MR) is 63.8 cm³/mol. The molecule has 4 nitrogen and oxygen atoms in total. The minimum absolute atomic E-state index is 0.400. The quantitative estimate of drug-likeness (QED) is 0.734. The molecule has 4 heteroatoms. The summed E-state index contributed by atoms with van der Waals surface area (Å²) < 4.78 is 4.70. The molecule has 0 N–H and O–H groups in total. The van der Waals surface area contributed by atoms with Crippen LogP contribution >= 0.6 is 0 Å². The van der Waals surface area contributed by atoms with Gasteiger partial charge in [0, 0.05) is 6.42 Å². The van der Waals surface area contributed by atoms with Gasteiger partial charge in [-0.25, -0.2) is 4.79 Å². The Morgan fingerprint density at radius 1 is 1.41 bits per heavy atom. The van der Waals surface area contributed by atoms with Crippen LogP contribution < -0.4 is 0 Å². The predicted octanol–water partition coefficient (Wildman–Crippen LogP) is 2.05. The number of aryl methyl sites for hydroxylation is 1. The van der Waals surface area contributed by atoms with Crippen LogP contribution in [0.4, 0.5) is 0 Å². The van der Waals surface area contributed by atoms with E-state index in [1.54, 1.807) is 6.92 Å². The summed E-state index contributed by atoms with van der Waals surface area (Å²) in [5, 5.41) is 3.97. The van der Waals surface area contributed by atoms with Gasteiger partial charge in [0.25, 0.3) is 0 Å². The van der Waals surface area contributed by atoms with E-state index in [4.69, 9.17) is 9.57 Å². The van der Waals surface area contributed by atoms with Gasteiger partial charge in [0.05, 0.1) is 12.8 Å². The lowest BCUT2D eigenvalue weighted by Crippen LogP contribution is -2.36. The van der Waals surface area contributed by atoms with Crippen molar-refractivity contribution >= 4 is 11.7 Å². The zero-order valence-electron chi connectivity index (χ0n) is 10.2. The first-order valence-corrected chi connectivity index (χ1v) is 5.46. The molecule has 0 bridgehead atoms. The Labute approximate surface area is 100 Å². The molecule has 1 aromatic rings. The normalized spacial score (nSPS) is 22.9. The maximum Gasteiger partial charge on any atom is 0.353 e. The Bertz CT molecular complexity index is 464. The SMILES string of the molecule is COC(=O)C1(C)CC(c2ccc(C)cc2)=NO1. The summed E-state index contributed by atoms with van der Waals surface area (Å²) in [6, 6.07) is 7.96. The number of hydrogen-bond donors (Lipinski definition) is 0. The van der Waals surface area contributed by atoms with Crippen LogP contribution in [-0.2, 0) is 14.4 Å². The van der Waals surface area contributed by atoms with Crippen LogP contribution in [0.1, 0.15) is 24.5 Å². The lowest BCUT2D eigenvalue weighted by Gasteiger charge is -2.17. The lowest BCUT2D eigenvalue weighted by molar-refractivity contribution is -0.164. The maximum atomic E-state index is 11.5. The highest BCUT2D eigenvalue weighted by Crippen LogP contribution is 2.27. The number of oxime groups is 1. The van der Waals surface area contributed by atoms with Crippen molar-refractivity contribution in [2.75, 3.05) is 7.11 Å². The second-order valence-electron chi connectivity index (χ2n) is 4.39. The topological polar surface area (TPSA) is 47.9 Å². The van der Waals surface area contributed by atoms with Gasteiger partial charge in [0.1, 0.15) is 0 Å². The largest absolute Gasteiger partial charge is 0.466 e. The average Bonchev–Trinajstić information content (AvgIpc) is 2.73. The Kier molecular flexibility index (Phi) is 2.88. The zero-order valence-corrected chi connectivity index (χ0v) is 10.2. The molecule has 90 valence electrons. The molecule has 0 fully saturated rings. The molecule has 1 aliphatic rings. The third kappa shape index (κ3) is 2.16. The molecule has 1 aromatic carbocycles. The molecule has 0 amide bonds. The molecule has 1 aliphatic heterocycles. The van der Waals surface area contributed by atoms with Gasteiger partial charge >= 0.3 is 5.97 Å². The summed E-state index contributed by atoms with van der Waals surface area (Å²) in [5.41, 5.74) is 1.94. The second kappa shape index (κ2) is 4.20. The van der Waals surface area contributed by atoms with Gasteiger partial charge in [-0.2, -0.15) is 0 Å². The van der Waals surface area contributed by atoms with Gasteiger partial charge in [-0.3, -0.25) is 0 Å². The molecule has 1 atom stereocenters. The summed E-state index contributed by atoms with van der Waals surface area (Å²) in [5.74, 6) is -0.400. The lowest BCUT2D eigenvalue weighted by atomic mass is 9.96. The maximum absolute atomic E-state index is 11.5. The van der Waals surface area contributed by atoms with E-state index in [9.17, 15) is 4.79 Å². The molecule has 17 heavy (non-hydrogen) atoms. The highest BCUT2D eigenvalue weighted by Gasteiger charge is 2.43. The van der Waals surface area contributed by atoms with E-state index in [-0.39, 0.29) is 0 Å². The van der Waals surface area contributed by atoms with Crippen molar-refractivity contribution in [3.05, 3.63) is 35.4 Å². The number of methoxy groups -OCH3 is 1. The van der Waals surface area contributed by atoms with Crippen molar-refractivity contribution in [2.24, 2.45) is 5.16 Å². The fourth-order valence-electron chi connectivity index (χ4n) is 1.77. The number of nitrogens with zero attached hydrogens (tertiary/aromatic N) is 1. The summed E-state index contributed by atoms with van der Waals surface area (Å²) in [6.07, 6.45) is 0.433. The van der Waals surface area contributed by atoms with Gasteiger partial charge in [-0.15, -0.1) is 0 Å². The van der Waals surface area contributed by atoms with Crippen molar-refractivity contribution in [1.29, 1.82) is 0 Å². The fourth-order valence-corrected chi connectivity index (χ4v) is 1.77. The van der Waals surface area contributed by atoms with Crippen molar-refractivity contribution in [2.45, 2.75) is 25.9 Å². The third-order valence-corrected chi connectivity index (χ3v) is 2.86. The summed E-state index contributed by atoms with van der Waals surface area (Å²) >= 11 is 0. The summed E-state index contributed by atoms with van der Waals surface area (Å²) in [7, 11) is 1.35. The molecule has 1 unspecified atom stereocenters. The Balaban J connectivity index is 2.17. The van der Waals surface area contributed by atoms with Crippen molar-refractivity contribution in [1.82, 2.24) is 0 Å². The monoisotopic (exact) mass is 233 g/mol. The number of benzene rings is 1. The molecule has 0 spiro atoms.